The lowest BCUT2D eigenvalue weighted by Gasteiger charge is -2.02. The lowest BCUT2D eigenvalue weighted by molar-refractivity contribution is 0.0963. The molecule has 1 heterocycles. The van der Waals surface area contributed by atoms with Crippen LogP contribution in [0.1, 0.15) is 10.4 Å². The topological polar surface area (TPSA) is 67.2 Å². The first kappa shape index (κ1) is 14.8. The van der Waals surface area contributed by atoms with Crippen LogP contribution in [0.25, 0.3) is 11.3 Å². The van der Waals surface area contributed by atoms with Gasteiger partial charge in [-0.3, -0.25) is 4.79 Å². The van der Waals surface area contributed by atoms with Gasteiger partial charge in [0.1, 0.15) is 5.82 Å². The molecule has 2 aromatic carbocycles. The number of hydrogen-bond donors (Lipinski definition) is 2. The van der Waals surface area contributed by atoms with Crippen molar-refractivity contribution in [2.24, 2.45) is 0 Å². The molecule has 3 aromatic rings. The first-order valence-electron chi connectivity index (χ1n) is 6.96. The molecule has 0 atom stereocenters. The van der Waals surface area contributed by atoms with Crippen LogP contribution in [0.2, 0.25) is 0 Å². The molecule has 1 amide bonds. The normalized spacial score (nSPS) is 10.3. The first-order valence-corrected chi connectivity index (χ1v) is 6.96. The van der Waals surface area contributed by atoms with Gasteiger partial charge in [0, 0.05) is 23.9 Å². The molecule has 0 saturated carbocycles. The first-order chi connectivity index (χ1) is 11.2. The fourth-order valence-electron chi connectivity index (χ4n) is 2.08. The Bertz CT molecular complexity index is 828. The Morgan fingerprint density at radius 3 is 2.70 bits per heavy atom. The summed E-state index contributed by atoms with van der Waals surface area (Å²) < 4.78 is 18.5. The van der Waals surface area contributed by atoms with E-state index in [9.17, 15) is 9.18 Å². The second-order valence-corrected chi connectivity index (χ2v) is 4.82. The molecule has 0 spiro atoms. The number of amides is 1. The number of anilines is 2. The second kappa shape index (κ2) is 6.31. The van der Waals surface area contributed by atoms with Crippen LogP contribution in [0, 0.1) is 5.82 Å². The van der Waals surface area contributed by atoms with Crippen LogP contribution in [0.15, 0.2) is 59.1 Å². The molecule has 23 heavy (non-hydrogen) atoms. The monoisotopic (exact) mass is 311 g/mol. The number of aromatic nitrogens is 1. The summed E-state index contributed by atoms with van der Waals surface area (Å²) in [5.41, 5.74) is 1.94. The third kappa shape index (κ3) is 3.37. The number of hydrogen-bond acceptors (Lipinski definition) is 4. The van der Waals surface area contributed by atoms with Gasteiger partial charge in [0.05, 0.1) is 6.20 Å². The zero-order valence-electron chi connectivity index (χ0n) is 12.3. The molecule has 116 valence electrons. The lowest BCUT2D eigenvalue weighted by atomic mass is 10.1. The van der Waals surface area contributed by atoms with Crippen molar-refractivity contribution in [2.45, 2.75) is 0 Å². The van der Waals surface area contributed by atoms with E-state index in [0.717, 1.165) is 5.56 Å². The number of nitrogens with one attached hydrogen (secondary N) is 2. The molecule has 3 rings (SSSR count). The zero-order valence-corrected chi connectivity index (χ0v) is 12.3. The molecule has 0 bridgehead atoms. The molecule has 1 aromatic heterocycles. The van der Waals surface area contributed by atoms with Crippen molar-refractivity contribution < 1.29 is 13.6 Å². The fourth-order valence-corrected chi connectivity index (χ4v) is 2.08. The van der Waals surface area contributed by atoms with Crippen molar-refractivity contribution in [1.82, 2.24) is 10.3 Å². The standard InChI is InChI=1S/C17H14FN3O2/c1-19-16(22)12-4-2-3-11(9-12)15-10-20-17(23-15)21-14-7-5-13(18)6-8-14/h2-10H,1H3,(H,19,22)(H,20,21). The van der Waals surface area contributed by atoms with E-state index in [1.807, 2.05) is 6.07 Å². The van der Waals surface area contributed by atoms with Gasteiger partial charge in [-0.25, -0.2) is 9.37 Å². The van der Waals surface area contributed by atoms with Crippen LogP contribution in [0.3, 0.4) is 0 Å². The van der Waals surface area contributed by atoms with Crippen LogP contribution in [-0.2, 0) is 0 Å². The van der Waals surface area contributed by atoms with Gasteiger partial charge in [0.15, 0.2) is 5.76 Å². The van der Waals surface area contributed by atoms with E-state index >= 15 is 0 Å². The average Bonchev–Trinajstić information content (AvgIpc) is 3.05. The molecule has 0 fully saturated rings. The Labute approximate surface area is 132 Å². The molecule has 0 aliphatic heterocycles. The summed E-state index contributed by atoms with van der Waals surface area (Å²) in [5.74, 6) is 0.0473. The number of rotatable bonds is 4. The predicted molar refractivity (Wildman–Crippen MR) is 85.0 cm³/mol. The van der Waals surface area contributed by atoms with E-state index in [0.29, 0.717) is 17.0 Å². The number of nitrogens with zero attached hydrogens (tertiary/aromatic N) is 1. The Hall–Kier alpha value is -3.15. The minimum Gasteiger partial charge on any atom is -0.423 e. The molecular weight excluding hydrogens is 297 g/mol. The Kier molecular flexibility index (Phi) is 4.05. The molecule has 0 radical (unpaired) electrons. The van der Waals surface area contributed by atoms with Crippen LogP contribution < -0.4 is 10.6 Å². The van der Waals surface area contributed by atoms with Gasteiger partial charge in [-0.15, -0.1) is 0 Å². The molecular formula is C17H14FN3O2. The maximum atomic E-state index is 12.9. The highest BCUT2D eigenvalue weighted by molar-refractivity contribution is 5.95. The summed E-state index contributed by atoms with van der Waals surface area (Å²) in [6.45, 7) is 0. The van der Waals surface area contributed by atoms with E-state index in [2.05, 4.69) is 15.6 Å². The highest BCUT2D eigenvalue weighted by atomic mass is 19.1. The fraction of sp³-hybridized carbons (Fsp3) is 0.0588. The van der Waals surface area contributed by atoms with Crippen molar-refractivity contribution in [3.8, 4) is 11.3 Å². The smallest absolute Gasteiger partial charge is 0.299 e. The second-order valence-electron chi connectivity index (χ2n) is 4.82. The number of carbonyl (C=O) groups is 1. The van der Waals surface area contributed by atoms with E-state index < -0.39 is 0 Å². The van der Waals surface area contributed by atoms with Gasteiger partial charge >= 0.3 is 0 Å². The van der Waals surface area contributed by atoms with Crippen LogP contribution in [-0.4, -0.2) is 17.9 Å². The number of carbonyl (C=O) groups excluding carboxylic acids is 1. The number of benzene rings is 2. The Balaban J connectivity index is 1.81. The minimum absolute atomic E-state index is 0.170. The largest absolute Gasteiger partial charge is 0.423 e. The Morgan fingerprint density at radius 1 is 1.17 bits per heavy atom. The third-order valence-electron chi connectivity index (χ3n) is 3.24. The molecule has 5 nitrogen and oxygen atoms in total. The van der Waals surface area contributed by atoms with Crippen molar-refractivity contribution in [3.63, 3.8) is 0 Å². The summed E-state index contributed by atoms with van der Waals surface area (Å²) in [6, 6.07) is 13.2. The third-order valence-corrected chi connectivity index (χ3v) is 3.24. The zero-order chi connectivity index (χ0) is 16.2. The van der Waals surface area contributed by atoms with Gasteiger partial charge in [-0.1, -0.05) is 12.1 Å². The van der Waals surface area contributed by atoms with Crippen LogP contribution in [0.5, 0.6) is 0 Å². The van der Waals surface area contributed by atoms with E-state index in [1.54, 1.807) is 43.6 Å². The van der Waals surface area contributed by atoms with Gasteiger partial charge in [-0.05, 0) is 36.4 Å². The highest BCUT2D eigenvalue weighted by Crippen LogP contribution is 2.25. The van der Waals surface area contributed by atoms with Gasteiger partial charge in [0.2, 0.25) is 0 Å². The quantitative estimate of drug-likeness (QED) is 0.773. The maximum Gasteiger partial charge on any atom is 0.299 e. The van der Waals surface area contributed by atoms with E-state index in [-0.39, 0.29) is 17.7 Å². The van der Waals surface area contributed by atoms with Crippen LogP contribution >= 0.6 is 0 Å². The molecule has 0 aliphatic rings. The van der Waals surface area contributed by atoms with Gasteiger partial charge in [-0.2, -0.15) is 0 Å². The minimum atomic E-state index is -0.311. The number of oxazole rings is 1. The summed E-state index contributed by atoms with van der Waals surface area (Å²) in [6.07, 6.45) is 1.56. The molecule has 6 heteroatoms. The van der Waals surface area contributed by atoms with Gasteiger partial charge in [0.25, 0.3) is 11.9 Å². The maximum absolute atomic E-state index is 12.9. The lowest BCUT2D eigenvalue weighted by Crippen LogP contribution is -2.17. The van der Waals surface area contributed by atoms with E-state index in [4.69, 9.17) is 4.42 Å². The van der Waals surface area contributed by atoms with Crippen molar-refractivity contribution >= 4 is 17.6 Å². The van der Waals surface area contributed by atoms with E-state index in [1.165, 1.54) is 12.1 Å². The summed E-state index contributed by atoms with van der Waals surface area (Å²) in [7, 11) is 1.58. The summed E-state index contributed by atoms with van der Waals surface area (Å²) >= 11 is 0. The van der Waals surface area contributed by atoms with Crippen molar-refractivity contribution in [1.29, 1.82) is 0 Å². The Morgan fingerprint density at radius 2 is 1.96 bits per heavy atom. The summed E-state index contributed by atoms with van der Waals surface area (Å²) in [5, 5.41) is 5.52. The SMILES string of the molecule is CNC(=O)c1cccc(-c2cnc(Nc3ccc(F)cc3)o2)c1. The average molecular weight is 311 g/mol. The van der Waals surface area contributed by atoms with Crippen molar-refractivity contribution in [2.75, 3.05) is 12.4 Å². The predicted octanol–water partition coefficient (Wildman–Crippen LogP) is 3.58. The number of halogens is 1. The van der Waals surface area contributed by atoms with Crippen LogP contribution in [0.4, 0.5) is 16.1 Å². The van der Waals surface area contributed by atoms with Crippen molar-refractivity contribution in [3.05, 3.63) is 66.1 Å². The van der Waals surface area contributed by atoms with Gasteiger partial charge < -0.3 is 15.1 Å². The molecule has 0 aliphatic carbocycles. The molecule has 0 unspecified atom stereocenters. The summed E-state index contributed by atoms with van der Waals surface area (Å²) in [4.78, 5) is 15.8. The molecule has 2 N–H and O–H groups in total. The highest BCUT2D eigenvalue weighted by Gasteiger charge is 2.09. The molecule has 0 saturated heterocycles.